The molecule has 0 aliphatic heterocycles. The average molecular weight is 150 g/mol. The van der Waals surface area contributed by atoms with Crippen LogP contribution in [0, 0.1) is 23.7 Å². The van der Waals surface area contributed by atoms with Crippen LogP contribution in [0.2, 0.25) is 0 Å². The molecular formula is C10H14O. The first kappa shape index (κ1) is 6.22. The van der Waals surface area contributed by atoms with Gasteiger partial charge in [0.2, 0.25) is 0 Å². The molecule has 2 unspecified atom stereocenters. The summed E-state index contributed by atoms with van der Waals surface area (Å²) in [5, 5.41) is 0. The van der Waals surface area contributed by atoms with E-state index in [1.54, 1.807) is 0 Å². The van der Waals surface area contributed by atoms with E-state index in [1.165, 1.54) is 25.7 Å². The van der Waals surface area contributed by atoms with Gasteiger partial charge in [-0.15, -0.1) is 0 Å². The van der Waals surface area contributed by atoms with Crippen LogP contribution in [0.25, 0.3) is 0 Å². The van der Waals surface area contributed by atoms with Crippen molar-refractivity contribution in [2.45, 2.75) is 32.1 Å². The number of ketones is 1. The van der Waals surface area contributed by atoms with Crippen molar-refractivity contribution in [1.29, 1.82) is 0 Å². The normalized spacial score (nSPS) is 53.6. The summed E-state index contributed by atoms with van der Waals surface area (Å²) in [6.45, 7) is 0. The summed E-state index contributed by atoms with van der Waals surface area (Å²) in [5.41, 5.74) is 0. The van der Waals surface area contributed by atoms with Crippen molar-refractivity contribution in [3.63, 3.8) is 0 Å². The van der Waals surface area contributed by atoms with Crippen molar-refractivity contribution >= 4 is 5.78 Å². The van der Waals surface area contributed by atoms with Crippen molar-refractivity contribution in [2.75, 3.05) is 0 Å². The third kappa shape index (κ3) is 0.743. The van der Waals surface area contributed by atoms with E-state index in [9.17, 15) is 4.79 Å². The molecule has 60 valence electrons. The van der Waals surface area contributed by atoms with Gasteiger partial charge >= 0.3 is 0 Å². The van der Waals surface area contributed by atoms with E-state index < -0.39 is 0 Å². The minimum atomic E-state index is 0.498. The number of Topliss-reactive ketones (excluding diaryl/α,β-unsaturated/α-hetero) is 1. The Balaban J connectivity index is 2.01. The van der Waals surface area contributed by atoms with Crippen LogP contribution in [0.4, 0.5) is 0 Å². The molecule has 1 heteroatoms. The Morgan fingerprint density at radius 2 is 1.64 bits per heavy atom. The molecule has 4 fully saturated rings. The second-order valence-electron chi connectivity index (χ2n) is 4.70. The number of carbonyl (C=O) groups excluding carboxylic acids is 1. The van der Waals surface area contributed by atoms with Gasteiger partial charge in [-0.1, -0.05) is 0 Å². The molecule has 0 amide bonds. The van der Waals surface area contributed by atoms with Crippen molar-refractivity contribution in [2.24, 2.45) is 23.7 Å². The van der Waals surface area contributed by atoms with Gasteiger partial charge in [0, 0.05) is 12.3 Å². The molecule has 1 nitrogen and oxygen atoms in total. The van der Waals surface area contributed by atoms with E-state index in [0.717, 1.165) is 24.2 Å². The summed E-state index contributed by atoms with van der Waals surface area (Å²) in [6.07, 6.45) is 6.19. The van der Waals surface area contributed by atoms with Gasteiger partial charge in [0.1, 0.15) is 5.78 Å². The molecule has 4 aliphatic carbocycles. The van der Waals surface area contributed by atoms with Crippen LogP contribution < -0.4 is 0 Å². The zero-order valence-corrected chi connectivity index (χ0v) is 6.75. The number of carbonyl (C=O) groups is 1. The predicted molar refractivity (Wildman–Crippen MR) is 42.1 cm³/mol. The van der Waals surface area contributed by atoms with E-state index in [2.05, 4.69) is 0 Å². The lowest BCUT2D eigenvalue weighted by Gasteiger charge is -2.04. The van der Waals surface area contributed by atoms with E-state index in [0.29, 0.717) is 11.7 Å². The SMILES string of the molecule is O=C1CC2CC3CC1CC3C2. The molecule has 0 heterocycles. The van der Waals surface area contributed by atoms with Gasteiger partial charge in [-0.25, -0.2) is 0 Å². The lowest BCUT2D eigenvalue weighted by molar-refractivity contribution is -0.122. The van der Waals surface area contributed by atoms with Crippen LogP contribution in [0.15, 0.2) is 0 Å². The molecule has 0 radical (unpaired) electrons. The van der Waals surface area contributed by atoms with Gasteiger partial charge in [-0.3, -0.25) is 4.79 Å². The first-order chi connectivity index (χ1) is 5.33. The lowest BCUT2D eigenvalue weighted by Crippen LogP contribution is -2.09. The highest BCUT2D eigenvalue weighted by atomic mass is 16.1. The number of hydrogen-bond acceptors (Lipinski definition) is 1. The average Bonchev–Trinajstić information content (AvgIpc) is 2.33. The maximum absolute atomic E-state index is 11.5. The highest BCUT2D eigenvalue weighted by molar-refractivity contribution is 5.82. The Kier molecular flexibility index (Phi) is 1.06. The fraction of sp³-hybridized carbons (Fsp3) is 0.900. The van der Waals surface area contributed by atoms with Crippen LogP contribution in [-0.2, 0) is 4.79 Å². The van der Waals surface area contributed by atoms with E-state index in [4.69, 9.17) is 0 Å². The first-order valence-electron chi connectivity index (χ1n) is 4.85. The van der Waals surface area contributed by atoms with Crippen LogP contribution in [-0.4, -0.2) is 5.78 Å². The minimum absolute atomic E-state index is 0.498. The fourth-order valence-corrected chi connectivity index (χ4v) is 3.62. The van der Waals surface area contributed by atoms with Crippen molar-refractivity contribution in [3.05, 3.63) is 0 Å². The quantitative estimate of drug-likeness (QED) is 0.516. The summed E-state index contributed by atoms with van der Waals surface area (Å²) in [7, 11) is 0. The van der Waals surface area contributed by atoms with Gasteiger partial charge in [-0.05, 0) is 43.4 Å². The van der Waals surface area contributed by atoms with Gasteiger partial charge in [0.05, 0.1) is 0 Å². The van der Waals surface area contributed by atoms with Crippen LogP contribution in [0.5, 0.6) is 0 Å². The molecule has 11 heavy (non-hydrogen) atoms. The Labute approximate surface area is 67.2 Å². The molecule has 0 N–H and O–H groups in total. The minimum Gasteiger partial charge on any atom is -0.299 e. The van der Waals surface area contributed by atoms with Gasteiger partial charge in [0.15, 0.2) is 0 Å². The maximum Gasteiger partial charge on any atom is 0.136 e. The number of rotatable bonds is 0. The molecule has 0 aromatic carbocycles. The predicted octanol–water partition coefficient (Wildman–Crippen LogP) is 2.01. The lowest BCUT2D eigenvalue weighted by atomic mass is 9.99. The molecule has 4 aliphatic rings. The molecular weight excluding hydrogens is 136 g/mol. The smallest absolute Gasteiger partial charge is 0.136 e. The van der Waals surface area contributed by atoms with E-state index in [1.807, 2.05) is 0 Å². The van der Waals surface area contributed by atoms with Crippen LogP contribution in [0.3, 0.4) is 0 Å². The Hall–Kier alpha value is -0.330. The van der Waals surface area contributed by atoms with Gasteiger partial charge < -0.3 is 0 Å². The number of fused-ring (bicyclic) bond motifs is 1. The van der Waals surface area contributed by atoms with E-state index in [-0.39, 0.29) is 0 Å². The standard InChI is InChI=1S/C10H14O/c11-10-3-6-1-7-4-9(10)5-8(7)2-6/h6-9H,1-5H2. The third-order valence-electron chi connectivity index (χ3n) is 4.06. The second-order valence-corrected chi connectivity index (χ2v) is 4.70. The summed E-state index contributed by atoms with van der Waals surface area (Å²) < 4.78 is 0. The molecule has 0 spiro atoms. The summed E-state index contributed by atoms with van der Waals surface area (Å²) in [5.74, 6) is 3.80. The molecule has 4 saturated carbocycles. The molecule has 0 saturated heterocycles. The highest BCUT2D eigenvalue weighted by Crippen LogP contribution is 2.53. The Morgan fingerprint density at radius 1 is 1.00 bits per heavy atom. The van der Waals surface area contributed by atoms with Crippen molar-refractivity contribution in [3.8, 4) is 0 Å². The zero-order chi connectivity index (χ0) is 7.42. The molecule has 2 atom stereocenters. The molecule has 0 aromatic rings. The fourth-order valence-electron chi connectivity index (χ4n) is 3.62. The van der Waals surface area contributed by atoms with Crippen LogP contribution >= 0.6 is 0 Å². The van der Waals surface area contributed by atoms with Crippen molar-refractivity contribution < 1.29 is 4.79 Å². The zero-order valence-electron chi connectivity index (χ0n) is 6.75. The van der Waals surface area contributed by atoms with E-state index >= 15 is 0 Å². The third-order valence-corrected chi connectivity index (χ3v) is 4.06. The Bertz CT molecular complexity index is 195. The summed E-state index contributed by atoms with van der Waals surface area (Å²) in [4.78, 5) is 11.5. The Morgan fingerprint density at radius 3 is 2.27 bits per heavy atom. The first-order valence-corrected chi connectivity index (χ1v) is 4.85. The summed E-state index contributed by atoms with van der Waals surface area (Å²) in [6, 6.07) is 0. The number of hydrogen-bond donors (Lipinski definition) is 0. The largest absolute Gasteiger partial charge is 0.299 e. The summed E-state index contributed by atoms with van der Waals surface area (Å²) >= 11 is 0. The van der Waals surface area contributed by atoms with Gasteiger partial charge in [-0.2, -0.15) is 0 Å². The second kappa shape index (κ2) is 1.88. The molecule has 0 aromatic heterocycles. The van der Waals surface area contributed by atoms with Gasteiger partial charge in [0.25, 0.3) is 0 Å². The highest BCUT2D eigenvalue weighted by Gasteiger charge is 2.47. The topological polar surface area (TPSA) is 17.1 Å². The molecule has 4 bridgehead atoms. The molecule has 4 rings (SSSR count). The maximum atomic E-state index is 11.5. The van der Waals surface area contributed by atoms with Crippen molar-refractivity contribution in [1.82, 2.24) is 0 Å². The van der Waals surface area contributed by atoms with Crippen LogP contribution in [0.1, 0.15) is 32.1 Å². The monoisotopic (exact) mass is 150 g/mol.